The van der Waals surface area contributed by atoms with Gasteiger partial charge in [-0.1, -0.05) is 17.3 Å². The van der Waals surface area contributed by atoms with Gasteiger partial charge in [0.15, 0.2) is 0 Å². The molecule has 0 unspecified atom stereocenters. The summed E-state index contributed by atoms with van der Waals surface area (Å²) in [6, 6.07) is 8.12. The average molecular weight is 204 g/mol. The van der Waals surface area contributed by atoms with Gasteiger partial charge in [-0.2, -0.15) is 0 Å². The number of nitrogens with zero attached hydrogens (tertiary/aromatic N) is 2. The third kappa shape index (κ3) is 2.49. The van der Waals surface area contributed by atoms with E-state index in [1.165, 1.54) is 31.2 Å². The molecule has 1 N–H and O–H groups in total. The summed E-state index contributed by atoms with van der Waals surface area (Å²) >= 11 is 0. The highest BCUT2D eigenvalue weighted by molar-refractivity contribution is 5.79. The van der Waals surface area contributed by atoms with Gasteiger partial charge in [0.25, 0.3) is 0 Å². The Bertz CT molecular complexity index is 326. The standard InChI is InChI=1S/C12H16N2O/c15-13-10-11-4-6-12(7-5-11)14-8-2-1-3-9-14/h4-7,10,15H,1-3,8-9H2. The Labute approximate surface area is 90.0 Å². The summed E-state index contributed by atoms with van der Waals surface area (Å²) in [5.74, 6) is 0. The third-order valence-corrected chi connectivity index (χ3v) is 2.82. The number of rotatable bonds is 2. The van der Waals surface area contributed by atoms with E-state index in [0.717, 1.165) is 18.7 Å². The van der Waals surface area contributed by atoms with Crippen molar-refractivity contribution in [2.24, 2.45) is 5.16 Å². The van der Waals surface area contributed by atoms with E-state index in [-0.39, 0.29) is 0 Å². The summed E-state index contributed by atoms with van der Waals surface area (Å²) < 4.78 is 0. The molecule has 0 amide bonds. The summed E-state index contributed by atoms with van der Waals surface area (Å²) in [7, 11) is 0. The normalized spacial score (nSPS) is 17.2. The van der Waals surface area contributed by atoms with Gasteiger partial charge in [0.2, 0.25) is 0 Å². The van der Waals surface area contributed by atoms with Crippen molar-refractivity contribution in [1.29, 1.82) is 0 Å². The highest BCUT2D eigenvalue weighted by Gasteiger charge is 2.09. The van der Waals surface area contributed by atoms with Crippen LogP contribution in [0, 0.1) is 0 Å². The smallest absolute Gasteiger partial charge is 0.0733 e. The maximum absolute atomic E-state index is 8.40. The van der Waals surface area contributed by atoms with Crippen molar-refractivity contribution in [3.8, 4) is 0 Å². The first kappa shape index (κ1) is 10.0. The molecule has 0 radical (unpaired) electrons. The fourth-order valence-corrected chi connectivity index (χ4v) is 1.99. The fraction of sp³-hybridized carbons (Fsp3) is 0.417. The molecule has 1 aliphatic heterocycles. The number of anilines is 1. The molecule has 1 aromatic rings. The number of hydrogen-bond donors (Lipinski definition) is 1. The van der Waals surface area contributed by atoms with Crippen molar-refractivity contribution in [2.75, 3.05) is 18.0 Å². The zero-order valence-corrected chi connectivity index (χ0v) is 8.76. The molecule has 0 aromatic heterocycles. The van der Waals surface area contributed by atoms with Gasteiger partial charge >= 0.3 is 0 Å². The second-order valence-electron chi connectivity index (χ2n) is 3.88. The van der Waals surface area contributed by atoms with Crippen molar-refractivity contribution in [3.63, 3.8) is 0 Å². The first-order valence-electron chi connectivity index (χ1n) is 5.42. The van der Waals surface area contributed by atoms with E-state index in [1.807, 2.05) is 12.1 Å². The lowest BCUT2D eigenvalue weighted by Gasteiger charge is -2.28. The van der Waals surface area contributed by atoms with Gasteiger partial charge < -0.3 is 10.1 Å². The van der Waals surface area contributed by atoms with E-state index in [2.05, 4.69) is 22.2 Å². The molecular weight excluding hydrogens is 188 g/mol. The van der Waals surface area contributed by atoms with Gasteiger partial charge in [0, 0.05) is 18.8 Å². The maximum Gasteiger partial charge on any atom is 0.0733 e. The minimum atomic E-state index is 0.929. The number of hydrogen-bond acceptors (Lipinski definition) is 3. The molecule has 1 heterocycles. The average Bonchev–Trinajstić information content (AvgIpc) is 2.32. The van der Waals surface area contributed by atoms with E-state index < -0.39 is 0 Å². The molecule has 0 bridgehead atoms. The van der Waals surface area contributed by atoms with Crippen molar-refractivity contribution < 1.29 is 5.21 Å². The molecule has 0 saturated carbocycles. The molecule has 0 spiro atoms. The van der Waals surface area contributed by atoms with Crippen LogP contribution in [0.1, 0.15) is 24.8 Å². The van der Waals surface area contributed by atoms with Gasteiger partial charge in [-0.3, -0.25) is 0 Å². The molecule has 0 aliphatic carbocycles. The predicted octanol–water partition coefficient (Wildman–Crippen LogP) is 2.49. The van der Waals surface area contributed by atoms with Crippen LogP contribution in [0.3, 0.4) is 0 Å². The molecule has 1 fully saturated rings. The van der Waals surface area contributed by atoms with Gasteiger partial charge in [0.1, 0.15) is 0 Å². The third-order valence-electron chi connectivity index (χ3n) is 2.82. The summed E-state index contributed by atoms with van der Waals surface area (Å²) in [5, 5.41) is 11.4. The van der Waals surface area contributed by atoms with E-state index >= 15 is 0 Å². The second-order valence-corrected chi connectivity index (χ2v) is 3.88. The minimum Gasteiger partial charge on any atom is -0.411 e. The Hall–Kier alpha value is -1.51. The Kier molecular flexibility index (Phi) is 3.22. The molecule has 1 aromatic carbocycles. The van der Waals surface area contributed by atoms with Gasteiger partial charge in [-0.25, -0.2) is 0 Å². The first-order chi connectivity index (χ1) is 7.40. The molecule has 3 nitrogen and oxygen atoms in total. The van der Waals surface area contributed by atoms with Crippen LogP contribution in [-0.4, -0.2) is 24.5 Å². The Morgan fingerprint density at radius 2 is 1.73 bits per heavy atom. The number of benzene rings is 1. The SMILES string of the molecule is ON=Cc1ccc(N2CCCCC2)cc1. The molecule has 15 heavy (non-hydrogen) atoms. The molecular formula is C12H16N2O. The fourth-order valence-electron chi connectivity index (χ4n) is 1.99. The van der Waals surface area contributed by atoms with Gasteiger partial charge in [-0.05, 0) is 37.0 Å². The largest absolute Gasteiger partial charge is 0.411 e. The van der Waals surface area contributed by atoms with Crippen molar-refractivity contribution in [2.45, 2.75) is 19.3 Å². The van der Waals surface area contributed by atoms with Crippen LogP contribution < -0.4 is 4.90 Å². The van der Waals surface area contributed by atoms with Gasteiger partial charge in [-0.15, -0.1) is 0 Å². The van der Waals surface area contributed by atoms with E-state index in [0.29, 0.717) is 0 Å². The van der Waals surface area contributed by atoms with E-state index in [1.54, 1.807) is 0 Å². The molecule has 2 rings (SSSR count). The quantitative estimate of drug-likeness (QED) is 0.456. The summed E-state index contributed by atoms with van der Waals surface area (Å²) in [4.78, 5) is 2.41. The van der Waals surface area contributed by atoms with Crippen LogP contribution in [0.2, 0.25) is 0 Å². The molecule has 1 aliphatic rings. The molecule has 80 valence electrons. The monoisotopic (exact) mass is 204 g/mol. The topological polar surface area (TPSA) is 35.8 Å². The highest BCUT2D eigenvalue weighted by atomic mass is 16.4. The lowest BCUT2D eigenvalue weighted by Crippen LogP contribution is -2.29. The Balaban J connectivity index is 2.08. The number of oxime groups is 1. The van der Waals surface area contributed by atoms with Crippen LogP contribution in [0.15, 0.2) is 29.4 Å². The van der Waals surface area contributed by atoms with Crippen LogP contribution in [0.4, 0.5) is 5.69 Å². The van der Waals surface area contributed by atoms with E-state index in [9.17, 15) is 0 Å². The van der Waals surface area contributed by atoms with Crippen LogP contribution >= 0.6 is 0 Å². The molecule has 3 heteroatoms. The predicted molar refractivity (Wildman–Crippen MR) is 61.9 cm³/mol. The van der Waals surface area contributed by atoms with E-state index in [4.69, 9.17) is 5.21 Å². The van der Waals surface area contributed by atoms with Gasteiger partial charge in [0.05, 0.1) is 6.21 Å². The summed E-state index contributed by atoms with van der Waals surface area (Å²) in [5.41, 5.74) is 2.20. The minimum absolute atomic E-state index is 0.929. The van der Waals surface area contributed by atoms with Crippen molar-refractivity contribution in [1.82, 2.24) is 0 Å². The maximum atomic E-state index is 8.40. The zero-order chi connectivity index (χ0) is 10.5. The Morgan fingerprint density at radius 3 is 2.33 bits per heavy atom. The van der Waals surface area contributed by atoms with Crippen LogP contribution in [-0.2, 0) is 0 Å². The van der Waals surface area contributed by atoms with Crippen molar-refractivity contribution >= 4 is 11.9 Å². The number of piperidine rings is 1. The summed E-state index contributed by atoms with van der Waals surface area (Å²) in [6.45, 7) is 2.32. The Morgan fingerprint density at radius 1 is 1.07 bits per heavy atom. The van der Waals surface area contributed by atoms with Crippen LogP contribution in [0.5, 0.6) is 0 Å². The van der Waals surface area contributed by atoms with Crippen LogP contribution in [0.25, 0.3) is 0 Å². The summed E-state index contributed by atoms with van der Waals surface area (Å²) in [6.07, 6.45) is 5.38. The second kappa shape index (κ2) is 4.82. The lowest BCUT2D eigenvalue weighted by atomic mass is 10.1. The van der Waals surface area contributed by atoms with Crippen molar-refractivity contribution in [3.05, 3.63) is 29.8 Å². The first-order valence-corrected chi connectivity index (χ1v) is 5.42. The zero-order valence-electron chi connectivity index (χ0n) is 8.76. The molecule has 0 atom stereocenters. The highest BCUT2D eigenvalue weighted by Crippen LogP contribution is 2.19. The lowest BCUT2D eigenvalue weighted by molar-refractivity contribution is 0.322. The molecule has 1 saturated heterocycles.